The number of aromatic nitrogens is 1. The van der Waals surface area contributed by atoms with E-state index >= 15 is 0 Å². The number of hydrogen-bond donors (Lipinski definition) is 1. The molecule has 2 aliphatic rings. The molecule has 122 valence electrons. The van der Waals surface area contributed by atoms with E-state index in [-0.39, 0.29) is 23.5 Å². The second kappa shape index (κ2) is 6.18. The summed E-state index contributed by atoms with van der Waals surface area (Å²) in [4.78, 5) is 14.1. The summed E-state index contributed by atoms with van der Waals surface area (Å²) >= 11 is 5.68. The largest absolute Gasteiger partial charge is 0.392 e. The first-order valence-electron chi connectivity index (χ1n) is 7.65. The topological polar surface area (TPSA) is 75.8 Å². The van der Waals surface area contributed by atoms with Gasteiger partial charge in [-0.25, -0.2) is 0 Å². The smallest absolute Gasteiger partial charge is 0.223 e. The van der Waals surface area contributed by atoms with Crippen molar-refractivity contribution in [3.05, 3.63) is 17.0 Å². The fourth-order valence-corrected chi connectivity index (χ4v) is 3.83. The van der Waals surface area contributed by atoms with Gasteiger partial charge < -0.3 is 19.3 Å². The predicted octanol–water partition coefficient (Wildman–Crippen LogP) is 1.65. The zero-order chi connectivity index (χ0) is 15.7. The van der Waals surface area contributed by atoms with Crippen LogP contribution in [0.2, 0.25) is 5.15 Å². The number of halogens is 1. The van der Waals surface area contributed by atoms with Crippen molar-refractivity contribution in [3.8, 4) is 0 Å². The Balaban J connectivity index is 1.49. The Morgan fingerprint density at radius 3 is 2.86 bits per heavy atom. The third kappa shape index (κ3) is 2.75. The van der Waals surface area contributed by atoms with Gasteiger partial charge in [-0.2, -0.15) is 0 Å². The number of likely N-dealkylation sites (tertiary alicyclic amines) is 1. The molecule has 1 saturated carbocycles. The van der Waals surface area contributed by atoms with Gasteiger partial charge in [0.25, 0.3) is 0 Å². The lowest BCUT2D eigenvalue weighted by Crippen LogP contribution is -2.62. The van der Waals surface area contributed by atoms with E-state index < -0.39 is 0 Å². The average molecular weight is 329 g/mol. The van der Waals surface area contributed by atoms with Crippen molar-refractivity contribution in [3.63, 3.8) is 0 Å². The van der Waals surface area contributed by atoms with E-state index in [1.54, 1.807) is 13.2 Å². The van der Waals surface area contributed by atoms with Gasteiger partial charge in [0, 0.05) is 50.9 Å². The molecule has 7 heteroatoms. The lowest BCUT2D eigenvalue weighted by molar-refractivity contribution is -0.202. The van der Waals surface area contributed by atoms with Crippen molar-refractivity contribution in [1.29, 1.82) is 0 Å². The van der Waals surface area contributed by atoms with Gasteiger partial charge in [-0.05, 0) is 12.8 Å². The number of methoxy groups -OCH3 is 1. The van der Waals surface area contributed by atoms with Crippen molar-refractivity contribution in [2.24, 2.45) is 5.41 Å². The second-order valence-corrected chi connectivity index (χ2v) is 6.59. The summed E-state index contributed by atoms with van der Waals surface area (Å²) in [5.41, 5.74) is -0.149. The van der Waals surface area contributed by atoms with Crippen LogP contribution < -0.4 is 0 Å². The van der Waals surface area contributed by atoms with Crippen LogP contribution in [0.5, 0.6) is 0 Å². The van der Waals surface area contributed by atoms with Crippen LogP contribution in [0.25, 0.3) is 0 Å². The van der Waals surface area contributed by atoms with Gasteiger partial charge in [0.2, 0.25) is 5.91 Å². The molecule has 22 heavy (non-hydrogen) atoms. The van der Waals surface area contributed by atoms with Crippen molar-refractivity contribution in [2.45, 2.75) is 44.3 Å². The molecule has 1 aromatic rings. The van der Waals surface area contributed by atoms with Crippen molar-refractivity contribution < 1.29 is 19.2 Å². The van der Waals surface area contributed by atoms with Gasteiger partial charge in [0.05, 0.1) is 12.2 Å². The van der Waals surface area contributed by atoms with E-state index in [0.717, 1.165) is 12.8 Å². The molecule has 1 spiro atoms. The molecule has 0 radical (unpaired) electrons. The number of ether oxygens (including phenoxy) is 1. The van der Waals surface area contributed by atoms with Crippen molar-refractivity contribution >= 4 is 17.5 Å². The summed E-state index contributed by atoms with van der Waals surface area (Å²) in [7, 11) is 1.69. The summed E-state index contributed by atoms with van der Waals surface area (Å²) < 4.78 is 10.5. The summed E-state index contributed by atoms with van der Waals surface area (Å²) in [6.45, 7) is 1.35. The zero-order valence-electron chi connectivity index (χ0n) is 12.6. The Hall–Kier alpha value is -1.11. The van der Waals surface area contributed by atoms with E-state index in [4.69, 9.17) is 20.9 Å². The quantitative estimate of drug-likeness (QED) is 0.909. The van der Waals surface area contributed by atoms with Gasteiger partial charge in [0.1, 0.15) is 5.76 Å². The Morgan fingerprint density at radius 1 is 1.59 bits per heavy atom. The number of hydrogen-bond acceptors (Lipinski definition) is 5. The molecule has 6 nitrogen and oxygen atoms in total. The highest BCUT2D eigenvalue weighted by atomic mass is 35.5. The lowest BCUT2D eigenvalue weighted by Gasteiger charge is -2.56. The van der Waals surface area contributed by atoms with Crippen molar-refractivity contribution in [2.75, 3.05) is 20.2 Å². The van der Waals surface area contributed by atoms with Crippen LogP contribution in [-0.2, 0) is 16.0 Å². The van der Waals surface area contributed by atoms with Crippen LogP contribution >= 0.6 is 11.6 Å². The molecule has 1 aromatic heterocycles. The van der Waals surface area contributed by atoms with Crippen LogP contribution in [0, 0.1) is 5.41 Å². The van der Waals surface area contributed by atoms with Gasteiger partial charge >= 0.3 is 0 Å². The first kappa shape index (κ1) is 15.8. The number of aliphatic hydroxyl groups is 1. The SMILES string of the molecule is CO[C@H]1C[C@@H](O)C12CCN(C(=O)CCc1cc(Cl)no1)CC2. The van der Waals surface area contributed by atoms with E-state index in [0.29, 0.717) is 43.3 Å². The maximum Gasteiger partial charge on any atom is 0.223 e. The standard InChI is InChI=1S/C15H21ClN2O4/c1-21-12-9-11(19)15(12)4-6-18(7-5-15)14(20)3-2-10-8-13(16)17-22-10/h8,11-12,19H,2-7,9H2,1H3/t11-,12+/m1/s1. The van der Waals surface area contributed by atoms with E-state index in [2.05, 4.69) is 5.16 Å². The third-order valence-corrected chi connectivity index (χ3v) is 5.37. The molecule has 3 rings (SSSR count). The lowest BCUT2D eigenvalue weighted by atomic mass is 9.58. The number of carbonyl (C=O) groups excluding carboxylic acids is 1. The molecule has 1 saturated heterocycles. The van der Waals surface area contributed by atoms with Gasteiger partial charge in [-0.1, -0.05) is 16.8 Å². The normalized spacial score (nSPS) is 27.0. The molecule has 2 atom stereocenters. The van der Waals surface area contributed by atoms with Crippen molar-refractivity contribution in [1.82, 2.24) is 10.1 Å². The Labute approximate surface area is 134 Å². The number of piperidine rings is 1. The van der Waals surface area contributed by atoms with Crippen LogP contribution in [0.3, 0.4) is 0 Å². The summed E-state index contributed by atoms with van der Waals surface area (Å²) in [5.74, 6) is 0.728. The molecule has 0 unspecified atom stereocenters. The molecular formula is C15H21ClN2O4. The fourth-order valence-electron chi connectivity index (χ4n) is 3.68. The number of aryl methyl sites for hydroxylation is 1. The molecular weight excluding hydrogens is 308 g/mol. The maximum atomic E-state index is 12.3. The van der Waals surface area contributed by atoms with Gasteiger partial charge in [-0.15, -0.1) is 0 Å². The molecule has 0 aromatic carbocycles. The highest BCUT2D eigenvalue weighted by Gasteiger charge is 2.56. The number of amides is 1. The fraction of sp³-hybridized carbons (Fsp3) is 0.733. The predicted molar refractivity (Wildman–Crippen MR) is 79.5 cm³/mol. The molecule has 1 amide bonds. The number of aliphatic hydroxyl groups excluding tert-OH is 1. The Bertz CT molecular complexity index is 539. The molecule has 1 aliphatic heterocycles. The number of carbonyl (C=O) groups is 1. The molecule has 1 N–H and O–H groups in total. The van der Waals surface area contributed by atoms with Gasteiger partial charge in [-0.3, -0.25) is 4.79 Å². The van der Waals surface area contributed by atoms with Crippen LogP contribution in [0.15, 0.2) is 10.6 Å². The number of nitrogens with zero attached hydrogens (tertiary/aromatic N) is 2. The molecule has 2 fully saturated rings. The minimum absolute atomic E-state index is 0.102. The molecule has 1 aliphatic carbocycles. The third-order valence-electron chi connectivity index (χ3n) is 5.19. The minimum Gasteiger partial charge on any atom is -0.392 e. The highest BCUT2D eigenvalue weighted by Crippen LogP contribution is 2.50. The molecule has 0 bridgehead atoms. The first-order valence-corrected chi connectivity index (χ1v) is 8.02. The second-order valence-electron chi connectivity index (χ2n) is 6.21. The van der Waals surface area contributed by atoms with Crippen LogP contribution in [0.4, 0.5) is 0 Å². The van der Waals surface area contributed by atoms with Crippen LogP contribution in [0.1, 0.15) is 31.4 Å². The van der Waals surface area contributed by atoms with E-state index in [9.17, 15) is 9.90 Å². The van der Waals surface area contributed by atoms with E-state index in [1.807, 2.05) is 4.90 Å². The van der Waals surface area contributed by atoms with E-state index in [1.165, 1.54) is 0 Å². The van der Waals surface area contributed by atoms with Gasteiger partial charge in [0.15, 0.2) is 5.15 Å². The summed E-state index contributed by atoms with van der Waals surface area (Å²) in [5, 5.41) is 14.0. The zero-order valence-corrected chi connectivity index (χ0v) is 13.4. The number of rotatable bonds is 4. The maximum absolute atomic E-state index is 12.3. The monoisotopic (exact) mass is 328 g/mol. The van der Waals surface area contributed by atoms with Crippen LogP contribution in [-0.4, -0.2) is 53.5 Å². The Kier molecular flexibility index (Phi) is 4.43. The summed E-state index contributed by atoms with van der Waals surface area (Å²) in [6, 6.07) is 1.63. The first-order chi connectivity index (χ1) is 10.5. The average Bonchev–Trinajstić information content (AvgIpc) is 2.95. The Morgan fingerprint density at radius 2 is 2.32 bits per heavy atom. The highest BCUT2D eigenvalue weighted by molar-refractivity contribution is 6.29. The minimum atomic E-state index is -0.300. The molecule has 2 heterocycles. The summed E-state index contributed by atoms with van der Waals surface area (Å²) in [6.07, 6.45) is 3.01.